The Labute approximate surface area is 195 Å². The maximum Gasteiger partial charge on any atom is 0.253 e. The van der Waals surface area contributed by atoms with Gasteiger partial charge in [-0.2, -0.15) is 0 Å². The molecule has 2 saturated heterocycles. The van der Waals surface area contributed by atoms with E-state index in [1.807, 2.05) is 36.9 Å². The fourth-order valence-corrected chi connectivity index (χ4v) is 4.89. The topological polar surface area (TPSA) is 65.1 Å². The molecule has 1 amide bonds. The van der Waals surface area contributed by atoms with E-state index >= 15 is 0 Å². The van der Waals surface area contributed by atoms with Gasteiger partial charge >= 0.3 is 0 Å². The maximum atomic E-state index is 13.2. The fraction of sp³-hybridized carbons (Fsp3) is 0.481. The van der Waals surface area contributed by atoms with Crippen molar-refractivity contribution in [1.82, 2.24) is 4.90 Å². The van der Waals surface area contributed by atoms with E-state index in [-0.39, 0.29) is 23.9 Å². The van der Waals surface area contributed by atoms with Gasteiger partial charge in [-0.3, -0.25) is 9.59 Å². The number of carbonyl (C=O) groups excluding carboxylic acids is 2. The summed E-state index contributed by atoms with van der Waals surface area (Å²) in [5, 5.41) is 0. The highest BCUT2D eigenvalue weighted by Crippen LogP contribution is 2.42. The van der Waals surface area contributed by atoms with Crippen LogP contribution in [0.2, 0.25) is 0 Å². The number of aryl methyl sites for hydroxylation is 1. The Hall–Kier alpha value is -2.86. The molecule has 0 saturated carbocycles. The predicted octanol–water partition coefficient (Wildman–Crippen LogP) is 4.89. The lowest BCUT2D eigenvalue weighted by Gasteiger charge is -2.46. The van der Waals surface area contributed by atoms with Crippen molar-refractivity contribution in [3.05, 3.63) is 59.2 Å². The second kappa shape index (κ2) is 9.56. The number of nitrogens with zero attached hydrogens (tertiary/aromatic N) is 1. The van der Waals surface area contributed by atoms with Crippen LogP contribution in [0.3, 0.4) is 0 Å². The number of likely N-dealkylation sites (tertiary alicyclic amines) is 1. The van der Waals surface area contributed by atoms with Crippen molar-refractivity contribution < 1.29 is 23.8 Å². The first kappa shape index (κ1) is 23.3. The third-order valence-electron chi connectivity index (χ3n) is 6.60. The highest BCUT2D eigenvalue weighted by atomic mass is 16.5. The number of rotatable bonds is 5. The van der Waals surface area contributed by atoms with Gasteiger partial charge in [-0.05, 0) is 62.9 Å². The molecule has 4 rings (SSSR count). The van der Waals surface area contributed by atoms with Crippen LogP contribution in [0.25, 0.3) is 0 Å². The molecule has 1 spiro atoms. The number of benzene rings is 2. The second-order valence-corrected chi connectivity index (χ2v) is 9.39. The molecule has 0 aliphatic carbocycles. The summed E-state index contributed by atoms with van der Waals surface area (Å²) in [6.45, 7) is 7.06. The molecule has 176 valence electrons. The lowest BCUT2D eigenvalue weighted by atomic mass is 9.81. The van der Waals surface area contributed by atoms with Crippen molar-refractivity contribution >= 4 is 11.7 Å². The van der Waals surface area contributed by atoms with E-state index in [9.17, 15) is 9.59 Å². The van der Waals surface area contributed by atoms with Crippen molar-refractivity contribution in [3.63, 3.8) is 0 Å². The van der Waals surface area contributed by atoms with Crippen LogP contribution >= 0.6 is 0 Å². The number of amides is 1. The number of methoxy groups -OCH3 is 1. The van der Waals surface area contributed by atoms with Crippen LogP contribution in [0.4, 0.5) is 0 Å². The molecule has 2 aromatic carbocycles. The van der Waals surface area contributed by atoms with E-state index in [0.29, 0.717) is 55.8 Å². The molecule has 2 aliphatic rings. The first-order valence-electron chi connectivity index (χ1n) is 11.7. The lowest BCUT2D eigenvalue weighted by Crippen LogP contribution is -2.51. The zero-order chi connectivity index (χ0) is 23.6. The molecular weight excluding hydrogens is 418 g/mol. The summed E-state index contributed by atoms with van der Waals surface area (Å²) in [5.41, 5.74) is 2.29. The summed E-state index contributed by atoms with van der Waals surface area (Å²) in [5.74, 6) is 1.36. The first-order valence-corrected chi connectivity index (χ1v) is 11.7. The average molecular weight is 452 g/mol. The summed E-state index contributed by atoms with van der Waals surface area (Å²) >= 11 is 0. The van der Waals surface area contributed by atoms with Gasteiger partial charge in [0.05, 0.1) is 24.9 Å². The zero-order valence-corrected chi connectivity index (χ0v) is 19.9. The Kier molecular flexibility index (Phi) is 6.75. The monoisotopic (exact) mass is 451 g/mol. The van der Waals surface area contributed by atoms with Gasteiger partial charge in [0.15, 0.2) is 11.5 Å². The molecule has 2 aliphatic heterocycles. The van der Waals surface area contributed by atoms with Gasteiger partial charge in [0, 0.05) is 31.5 Å². The summed E-state index contributed by atoms with van der Waals surface area (Å²) in [7, 11) is 1.57. The summed E-state index contributed by atoms with van der Waals surface area (Å²) in [6, 6.07) is 13.4. The van der Waals surface area contributed by atoms with Crippen LogP contribution in [0.15, 0.2) is 42.5 Å². The minimum atomic E-state index is -0.494. The fourth-order valence-electron chi connectivity index (χ4n) is 4.89. The number of Topliss-reactive ketones (excluding diaryl/α,β-unsaturated/α-hetero) is 1. The molecule has 2 heterocycles. The normalized spacial score (nSPS) is 20.2. The lowest BCUT2D eigenvalue weighted by molar-refractivity contribution is -0.167. The number of hydrogen-bond acceptors (Lipinski definition) is 5. The summed E-state index contributed by atoms with van der Waals surface area (Å²) in [6.07, 6.45) is 1.94. The van der Waals surface area contributed by atoms with Gasteiger partial charge in [0.25, 0.3) is 5.91 Å². The predicted molar refractivity (Wildman–Crippen MR) is 126 cm³/mol. The van der Waals surface area contributed by atoms with Gasteiger partial charge in [-0.25, -0.2) is 0 Å². The molecule has 33 heavy (non-hydrogen) atoms. The first-order chi connectivity index (χ1) is 15.8. The molecule has 6 nitrogen and oxygen atoms in total. The summed E-state index contributed by atoms with van der Waals surface area (Å²) < 4.78 is 17.8. The Morgan fingerprint density at radius 3 is 2.52 bits per heavy atom. The minimum Gasteiger partial charge on any atom is -0.493 e. The van der Waals surface area contributed by atoms with Crippen LogP contribution in [0.1, 0.15) is 67.1 Å². The van der Waals surface area contributed by atoms with Crippen molar-refractivity contribution in [2.24, 2.45) is 0 Å². The van der Waals surface area contributed by atoms with Crippen LogP contribution in [0.5, 0.6) is 11.5 Å². The highest BCUT2D eigenvalue weighted by molar-refractivity contribution is 5.95. The van der Waals surface area contributed by atoms with Crippen molar-refractivity contribution in [2.45, 2.75) is 64.3 Å². The summed E-state index contributed by atoms with van der Waals surface area (Å²) in [4.78, 5) is 27.7. The quantitative estimate of drug-likeness (QED) is 0.648. The number of ketones is 1. The Bertz CT molecular complexity index is 1020. The molecule has 1 unspecified atom stereocenters. The molecule has 2 aromatic rings. The number of piperidine rings is 1. The van der Waals surface area contributed by atoms with Gasteiger partial charge < -0.3 is 19.1 Å². The molecule has 1 atom stereocenters. The van der Waals surface area contributed by atoms with E-state index < -0.39 is 5.60 Å². The van der Waals surface area contributed by atoms with Crippen LogP contribution < -0.4 is 9.47 Å². The Morgan fingerprint density at radius 1 is 1.12 bits per heavy atom. The number of hydrogen-bond donors (Lipinski definition) is 0. The Morgan fingerprint density at radius 2 is 1.85 bits per heavy atom. The number of ether oxygens (including phenoxy) is 3. The van der Waals surface area contributed by atoms with E-state index in [2.05, 4.69) is 13.0 Å². The van der Waals surface area contributed by atoms with Crippen LogP contribution in [-0.2, 0) is 9.53 Å². The smallest absolute Gasteiger partial charge is 0.253 e. The maximum absolute atomic E-state index is 13.2. The van der Waals surface area contributed by atoms with Crippen molar-refractivity contribution in [2.75, 3.05) is 20.2 Å². The zero-order valence-electron chi connectivity index (χ0n) is 19.9. The largest absolute Gasteiger partial charge is 0.493 e. The van der Waals surface area contributed by atoms with E-state index in [1.54, 1.807) is 25.3 Å². The van der Waals surface area contributed by atoms with Gasteiger partial charge in [-0.1, -0.05) is 24.3 Å². The third-order valence-corrected chi connectivity index (χ3v) is 6.60. The van der Waals surface area contributed by atoms with E-state index in [4.69, 9.17) is 14.2 Å². The highest BCUT2D eigenvalue weighted by Gasteiger charge is 2.44. The van der Waals surface area contributed by atoms with E-state index in [0.717, 1.165) is 11.1 Å². The second-order valence-electron chi connectivity index (χ2n) is 9.39. The van der Waals surface area contributed by atoms with Crippen molar-refractivity contribution in [3.8, 4) is 11.5 Å². The van der Waals surface area contributed by atoms with Crippen LogP contribution in [0, 0.1) is 6.92 Å². The Balaban J connectivity index is 1.45. The SMILES string of the molecule is COc1cc(C(=O)N2CCC3(CC2)CC(=O)CC(c2ccccc2C)O3)ccc1OC(C)C. The van der Waals surface area contributed by atoms with Gasteiger partial charge in [0.2, 0.25) is 0 Å². The average Bonchev–Trinajstić information content (AvgIpc) is 2.79. The molecule has 0 bridgehead atoms. The van der Waals surface area contributed by atoms with Crippen LogP contribution in [-0.4, -0.2) is 48.5 Å². The minimum absolute atomic E-state index is 0.0143. The molecule has 2 fully saturated rings. The standard InChI is InChI=1S/C27H33NO5/c1-18(2)32-23-10-9-20(15-25(23)31-4)26(30)28-13-11-27(12-14-28)17-21(29)16-24(33-27)22-8-6-5-7-19(22)3/h5-10,15,18,24H,11-14,16-17H2,1-4H3. The third kappa shape index (κ3) is 5.06. The van der Waals surface area contributed by atoms with Gasteiger partial charge in [0.1, 0.15) is 5.78 Å². The molecule has 0 N–H and O–H groups in total. The number of carbonyl (C=O) groups is 2. The molecule has 6 heteroatoms. The van der Waals surface area contributed by atoms with Gasteiger partial charge in [-0.15, -0.1) is 0 Å². The molecule has 0 aromatic heterocycles. The van der Waals surface area contributed by atoms with E-state index in [1.165, 1.54) is 0 Å². The molecular formula is C27H33NO5. The van der Waals surface area contributed by atoms with Crippen molar-refractivity contribution in [1.29, 1.82) is 0 Å². The molecule has 0 radical (unpaired) electrons.